The molecule has 0 bridgehead atoms. The van der Waals surface area contributed by atoms with Crippen molar-refractivity contribution >= 4 is 5.65 Å². The monoisotopic (exact) mass is 342 g/mol. The number of hydrogen-bond donors (Lipinski definition) is 1. The summed E-state index contributed by atoms with van der Waals surface area (Å²) < 4.78 is 2.09. The van der Waals surface area contributed by atoms with Crippen molar-refractivity contribution in [1.29, 1.82) is 0 Å². The summed E-state index contributed by atoms with van der Waals surface area (Å²) in [5.74, 6) is 0. The van der Waals surface area contributed by atoms with E-state index in [1.54, 1.807) is 0 Å². The Bertz CT molecular complexity index is 977. The van der Waals surface area contributed by atoms with Gasteiger partial charge in [-0.15, -0.1) is 0 Å². The van der Waals surface area contributed by atoms with E-state index in [0.29, 0.717) is 6.54 Å². The van der Waals surface area contributed by atoms with Crippen LogP contribution in [0.2, 0.25) is 0 Å². The molecule has 0 saturated heterocycles. The second kappa shape index (κ2) is 7.50. The predicted octanol–water partition coefficient (Wildman–Crippen LogP) is 4.11. The summed E-state index contributed by atoms with van der Waals surface area (Å²) in [5, 5.41) is 3.66. The molecule has 4 aromatic rings. The van der Waals surface area contributed by atoms with Crippen LogP contribution in [-0.4, -0.2) is 14.4 Å². The van der Waals surface area contributed by atoms with E-state index >= 15 is 0 Å². The molecule has 4 heteroatoms. The van der Waals surface area contributed by atoms with E-state index in [4.69, 9.17) is 4.98 Å². The van der Waals surface area contributed by atoms with Gasteiger partial charge in [-0.3, -0.25) is 4.98 Å². The lowest BCUT2D eigenvalue weighted by atomic mass is 10.0. The molecule has 0 aliphatic heterocycles. The number of nitrogens with zero attached hydrogens (tertiary/aromatic N) is 3. The Morgan fingerprint density at radius 3 is 2.58 bits per heavy atom. The van der Waals surface area contributed by atoms with Crippen molar-refractivity contribution in [2.24, 2.45) is 0 Å². The smallest absolute Gasteiger partial charge is 0.137 e. The minimum Gasteiger partial charge on any atom is -0.307 e. The van der Waals surface area contributed by atoms with Crippen LogP contribution in [0.25, 0.3) is 5.65 Å². The molecule has 1 aromatic carbocycles. The van der Waals surface area contributed by atoms with Crippen LogP contribution in [0.1, 0.15) is 28.6 Å². The minimum atomic E-state index is 0.192. The highest BCUT2D eigenvalue weighted by Crippen LogP contribution is 2.18. The zero-order valence-corrected chi connectivity index (χ0v) is 14.8. The number of pyridine rings is 2. The van der Waals surface area contributed by atoms with Gasteiger partial charge < -0.3 is 9.72 Å². The van der Waals surface area contributed by atoms with E-state index in [1.165, 1.54) is 11.1 Å². The Kier molecular flexibility index (Phi) is 4.75. The predicted molar refractivity (Wildman–Crippen MR) is 104 cm³/mol. The van der Waals surface area contributed by atoms with Crippen LogP contribution in [0.4, 0.5) is 0 Å². The molecule has 3 aromatic heterocycles. The highest BCUT2D eigenvalue weighted by molar-refractivity contribution is 5.41. The lowest BCUT2D eigenvalue weighted by Crippen LogP contribution is -2.23. The van der Waals surface area contributed by atoms with Gasteiger partial charge in [0, 0.05) is 43.3 Å². The molecular weight excluding hydrogens is 320 g/mol. The standard InChI is InChI=1S/C22H22N4/c1-17-10-11-22-25-20(16-26(22)15-17)14-24-21(18-7-3-2-4-8-18)13-19-9-5-6-12-23-19/h2-12,15-16,21,24H,13-14H2,1H3/t21-/m0/s1. The van der Waals surface area contributed by atoms with Crippen molar-refractivity contribution < 1.29 is 0 Å². The van der Waals surface area contributed by atoms with Crippen LogP contribution in [0.15, 0.2) is 79.3 Å². The fourth-order valence-electron chi connectivity index (χ4n) is 3.19. The number of rotatable bonds is 6. The molecule has 1 atom stereocenters. The number of fused-ring (bicyclic) bond motifs is 1. The Morgan fingerprint density at radius 2 is 1.77 bits per heavy atom. The summed E-state index contributed by atoms with van der Waals surface area (Å²) in [4.78, 5) is 9.20. The topological polar surface area (TPSA) is 42.2 Å². The van der Waals surface area contributed by atoms with Crippen LogP contribution < -0.4 is 5.32 Å². The third-order valence-electron chi connectivity index (χ3n) is 4.52. The van der Waals surface area contributed by atoms with Gasteiger partial charge in [0.15, 0.2) is 0 Å². The van der Waals surface area contributed by atoms with Gasteiger partial charge >= 0.3 is 0 Å². The van der Waals surface area contributed by atoms with E-state index in [-0.39, 0.29) is 6.04 Å². The van der Waals surface area contributed by atoms with E-state index in [1.807, 2.05) is 24.4 Å². The average molecular weight is 342 g/mol. The van der Waals surface area contributed by atoms with Crippen molar-refractivity contribution in [3.05, 3.63) is 102 Å². The third-order valence-corrected chi connectivity index (χ3v) is 4.52. The van der Waals surface area contributed by atoms with E-state index in [2.05, 4.69) is 76.5 Å². The van der Waals surface area contributed by atoms with E-state index in [9.17, 15) is 0 Å². The van der Waals surface area contributed by atoms with Crippen molar-refractivity contribution in [2.75, 3.05) is 0 Å². The zero-order chi connectivity index (χ0) is 17.8. The number of aryl methyl sites for hydroxylation is 1. The van der Waals surface area contributed by atoms with E-state index < -0.39 is 0 Å². The van der Waals surface area contributed by atoms with Gasteiger partial charge in [-0.1, -0.05) is 42.5 Å². The molecular formula is C22H22N4. The fraction of sp³-hybridized carbons (Fsp3) is 0.182. The van der Waals surface area contributed by atoms with Crippen LogP contribution in [0.5, 0.6) is 0 Å². The largest absolute Gasteiger partial charge is 0.307 e. The van der Waals surface area contributed by atoms with Gasteiger partial charge in [-0.05, 0) is 36.2 Å². The number of imidazole rings is 1. The maximum atomic E-state index is 4.71. The summed E-state index contributed by atoms with van der Waals surface area (Å²) in [7, 11) is 0. The molecule has 0 aliphatic rings. The summed E-state index contributed by atoms with van der Waals surface area (Å²) in [6.45, 7) is 2.81. The number of benzene rings is 1. The summed E-state index contributed by atoms with van der Waals surface area (Å²) in [6, 6.07) is 20.9. The molecule has 0 spiro atoms. The maximum Gasteiger partial charge on any atom is 0.137 e. The van der Waals surface area contributed by atoms with Crippen molar-refractivity contribution in [2.45, 2.75) is 25.9 Å². The van der Waals surface area contributed by atoms with Gasteiger partial charge in [0.2, 0.25) is 0 Å². The molecule has 130 valence electrons. The molecule has 0 amide bonds. The average Bonchev–Trinajstić information content (AvgIpc) is 3.08. The molecule has 26 heavy (non-hydrogen) atoms. The quantitative estimate of drug-likeness (QED) is 0.573. The Hall–Kier alpha value is -2.98. The molecule has 0 saturated carbocycles. The minimum absolute atomic E-state index is 0.192. The van der Waals surface area contributed by atoms with Crippen molar-refractivity contribution in [3.8, 4) is 0 Å². The lowest BCUT2D eigenvalue weighted by Gasteiger charge is -2.18. The van der Waals surface area contributed by atoms with Crippen LogP contribution >= 0.6 is 0 Å². The maximum absolute atomic E-state index is 4.71. The van der Waals surface area contributed by atoms with Crippen molar-refractivity contribution in [3.63, 3.8) is 0 Å². The summed E-state index contributed by atoms with van der Waals surface area (Å²) in [5.41, 5.74) is 5.59. The third kappa shape index (κ3) is 3.81. The Morgan fingerprint density at radius 1 is 0.923 bits per heavy atom. The molecule has 3 heterocycles. The molecule has 4 rings (SSSR count). The Balaban J connectivity index is 1.53. The summed E-state index contributed by atoms with van der Waals surface area (Å²) in [6.07, 6.45) is 6.89. The SMILES string of the molecule is Cc1ccc2nc(CN[C@@H](Cc3ccccn3)c3ccccc3)cn2c1. The van der Waals surface area contributed by atoms with Crippen LogP contribution in [0, 0.1) is 6.92 Å². The summed E-state index contributed by atoms with van der Waals surface area (Å²) >= 11 is 0. The zero-order valence-electron chi connectivity index (χ0n) is 14.8. The van der Waals surface area contributed by atoms with Gasteiger partial charge in [0.1, 0.15) is 5.65 Å². The molecule has 1 N–H and O–H groups in total. The Labute approximate surface area is 153 Å². The first-order chi connectivity index (χ1) is 12.8. The second-order valence-corrected chi connectivity index (χ2v) is 6.57. The van der Waals surface area contributed by atoms with Crippen LogP contribution in [0.3, 0.4) is 0 Å². The first kappa shape index (κ1) is 16.5. The molecule has 0 fully saturated rings. The molecule has 0 radical (unpaired) electrons. The van der Waals surface area contributed by atoms with Crippen molar-refractivity contribution in [1.82, 2.24) is 19.7 Å². The second-order valence-electron chi connectivity index (χ2n) is 6.57. The van der Waals surface area contributed by atoms with Gasteiger partial charge in [0.25, 0.3) is 0 Å². The van der Waals surface area contributed by atoms with Gasteiger partial charge in [0.05, 0.1) is 5.69 Å². The molecule has 0 unspecified atom stereocenters. The van der Waals surface area contributed by atoms with E-state index in [0.717, 1.165) is 23.5 Å². The lowest BCUT2D eigenvalue weighted by molar-refractivity contribution is 0.521. The van der Waals surface area contributed by atoms with Gasteiger partial charge in [-0.25, -0.2) is 4.98 Å². The highest BCUT2D eigenvalue weighted by atomic mass is 15.0. The first-order valence-corrected chi connectivity index (χ1v) is 8.90. The number of hydrogen-bond acceptors (Lipinski definition) is 3. The normalized spacial score (nSPS) is 12.3. The molecule has 4 nitrogen and oxygen atoms in total. The number of nitrogens with one attached hydrogen (secondary N) is 1. The first-order valence-electron chi connectivity index (χ1n) is 8.90. The number of aromatic nitrogens is 3. The fourth-order valence-corrected chi connectivity index (χ4v) is 3.19. The highest BCUT2D eigenvalue weighted by Gasteiger charge is 2.13. The van der Waals surface area contributed by atoms with Gasteiger partial charge in [-0.2, -0.15) is 0 Å². The van der Waals surface area contributed by atoms with Crippen LogP contribution in [-0.2, 0) is 13.0 Å². The molecule has 0 aliphatic carbocycles.